The van der Waals surface area contributed by atoms with Crippen LogP contribution in [0.2, 0.25) is 0 Å². The number of carbonyl (C=O) groups excluding carboxylic acids is 2. The van der Waals surface area contributed by atoms with Gasteiger partial charge >= 0.3 is 0 Å². The molecule has 4 rings (SSSR count). The van der Waals surface area contributed by atoms with Crippen molar-refractivity contribution in [2.45, 2.75) is 57.7 Å². The Balaban J connectivity index is 1.75. The van der Waals surface area contributed by atoms with Crippen molar-refractivity contribution in [3.05, 3.63) is 101 Å². The van der Waals surface area contributed by atoms with Crippen LogP contribution in [0.3, 0.4) is 0 Å². The number of nitrogens with one attached hydrogen (secondary N) is 1. The van der Waals surface area contributed by atoms with Crippen LogP contribution in [0.25, 0.3) is 0 Å². The van der Waals surface area contributed by atoms with Gasteiger partial charge in [-0.05, 0) is 43.5 Å². The number of amides is 2. The zero-order chi connectivity index (χ0) is 23.9. The van der Waals surface area contributed by atoms with E-state index < -0.39 is 17.8 Å². The second-order valence-corrected chi connectivity index (χ2v) is 8.90. The maximum absolute atomic E-state index is 15.1. The van der Waals surface area contributed by atoms with E-state index in [9.17, 15) is 9.59 Å². The van der Waals surface area contributed by atoms with Crippen LogP contribution < -0.4 is 5.32 Å². The van der Waals surface area contributed by atoms with Gasteiger partial charge in [0, 0.05) is 24.3 Å². The Bertz CT molecular complexity index is 1110. The molecule has 1 aliphatic rings. The molecule has 1 saturated carbocycles. The van der Waals surface area contributed by atoms with Crippen LogP contribution >= 0.6 is 0 Å². The number of hydrogen-bond donors (Lipinski definition) is 1. The molecule has 1 atom stereocenters. The molecule has 1 heterocycles. The fourth-order valence-corrected chi connectivity index (χ4v) is 4.48. The van der Waals surface area contributed by atoms with Crippen LogP contribution in [0.5, 0.6) is 0 Å². The van der Waals surface area contributed by atoms with E-state index in [1.54, 1.807) is 36.4 Å². The van der Waals surface area contributed by atoms with E-state index in [1.807, 2.05) is 31.2 Å². The van der Waals surface area contributed by atoms with Crippen molar-refractivity contribution in [3.8, 4) is 0 Å². The number of pyridine rings is 1. The molecule has 2 aromatic carbocycles. The highest BCUT2D eigenvalue weighted by molar-refractivity contribution is 5.96. The molecular formula is C28H30FN3O2. The van der Waals surface area contributed by atoms with Crippen LogP contribution in [0.1, 0.15) is 65.3 Å². The number of hydrogen-bond acceptors (Lipinski definition) is 3. The molecule has 3 aromatic rings. The van der Waals surface area contributed by atoms with Crippen molar-refractivity contribution in [1.82, 2.24) is 15.2 Å². The highest BCUT2D eigenvalue weighted by Crippen LogP contribution is 2.29. The van der Waals surface area contributed by atoms with Crippen molar-refractivity contribution < 1.29 is 14.0 Å². The first-order chi connectivity index (χ1) is 16.5. The van der Waals surface area contributed by atoms with Crippen molar-refractivity contribution in [2.24, 2.45) is 0 Å². The minimum Gasteiger partial charge on any atom is -0.351 e. The van der Waals surface area contributed by atoms with E-state index in [0.29, 0.717) is 0 Å². The van der Waals surface area contributed by atoms with Gasteiger partial charge in [-0.1, -0.05) is 73.4 Å². The summed E-state index contributed by atoms with van der Waals surface area (Å²) in [4.78, 5) is 33.0. The molecule has 34 heavy (non-hydrogen) atoms. The first kappa shape index (κ1) is 23.6. The Morgan fingerprint density at radius 1 is 1.00 bits per heavy atom. The summed E-state index contributed by atoms with van der Waals surface area (Å²) < 4.78 is 15.1. The number of aromatic nitrogens is 1. The summed E-state index contributed by atoms with van der Waals surface area (Å²) in [5, 5.41) is 3.11. The molecule has 176 valence electrons. The lowest BCUT2D eigenvalue weighted by Gasteiger charge is -2.33. The van der Waals surface area contributed by atoms with Gasteiger partial charge in [0.2, 0.25) is 5.91 Å². The van der Waals surface area contributed by atoms with E-state index in [2.05, 4.69) is 10.3 Å². The van der Waals surface area contributed by atoms with Crippen molar-refractivity contribution >= 4 is 11.8 Å². The lowest BCUT2D eigenvalue weighted by Crippen LogP contribution is -2.47. The zero-order valence-corrected chi connectivity index (χ0v) is 19.4. The van der Waals surface area contributed by atoms with Gasteiger partial charge < -0.3 is 10.2 Å². The smallest absolute Gasteiger partial charge is 0.273 e. The van der Waals surface area contributed by atoms with Gasteiger partial charge in [0.25, 0.3) is 5.91 Å². The number of carbonyl (C=O) groups is 2. The van der Waals surface area contributed by atoms with E-state index in [1.165, 1.54) is 17.2 Å². The van der Waals surface area contributed by atoms with Gasteiger partial charge in [0.1, 0.15) is 17.6 Å². The molecule has 5 nitrogen and oxygen atoms in total. The molecule has 0 bridgehead atoms. The Morgan fingerprint density at radius 2 is 1.71 bits per heavy atom. The SMILES string of the molecule is Cc1ccc(CN(C(=O)c2ccccn2)[C@H](C(=O)NC2CCCCC2)c2ccccc2F)cc1. The molecule has 1 fully saturated rings. The molecule has 1 aliphatic carbocycles. The predicted molar refractivity (Wildman–Crippen MR) is 129 cm³/mol. The Labute approximate surface area is 200 Å². The molecule has 0 radical (unpaired) electrons. The maximum atomic E-state index is 15.1. The molecule has 2 amide bonds. The second-order valence-electron chi connectivity index (χ2n) is 8.90. The summed E-state index contributed by atoms with van der Waals surface area (Å²) in [5.41, 5.74) is 2.32. The van der Waals surface area contributed by atoms with Crippen LogP contribution in [-0.2, 0) is 11.3 Å². The summed E-state index contributed by atoms with van der Waals surface area (Å²) in [6.07, 6.45) is 6.58. The number of halogens is 1. The number of aryl methyl sites for hydroxylation is 1. The van der Waals surface area contributed by atoms with Gasteiger partial charge in [0.05, 0.1) is 0 Å². The normalized spacial score (nSPS) is 14.9. The van der Waals surface area contributed by atoms with E-state index >= 15 is 4.39 Å². The fraction of sp³-hybridized carbons (Fsp3) is 0.321. The van der Waals surface area contributed by atoms with Crippen LogP contribution in [0, 0.1) is 12.7 Å². The van der Waals surface area contributed by atoms with Crippen LogP contribution in [0.4, 0.5) is 4.39 Å². The first-order valence-corrected chi connectivity index (χ1v) is 11.9. The topological polar surface area (TPSA) is 62.3 Å². The summed E-state index contributed by atoms with van der Waals surface area (Å²) in [5.74, 6) is -1.31. The minimum absolute atomic E-state index is 0.0294. The third-order valence-corrected chi connectivity index (χ3v) is 6.33. The average molecular weight is 460 g/mol. The molecule has 0 aliphatic heterocycles. The molecule has 0 saturated heterocycles. The summed E-state index contributed by atoms with van der Waals surface area (Å²) >= 11 is 0. The predicted octanol–water partition coefficient (Wildman–Crippen LogP) is 5.36. The Kier molecular flexibility index (Phi) is 7.68. The molecule has 1 N–H and O–H groups in total. The second kappa shape index (κ2) is 11.1. The van der Waals surface area contributed by atoms with Gasteiger partial charge in [-0.2, -0.15) is 0 Å². The van der Waals surface area contributed by atoms with E-state index in [-0.39, 0.29) is 29.8 Å². The number of nitrogens with zero attached hydrogens (tertiary/aromatic N) is 2. The summed E-state index contributed by atoms with van der Waals surface area (Å²) in [7, 11) is 0. The zero-order valence-electron chi connectivity index (χ0n) is 19.4. The molecule has 6 heteroatoms. The van der Waals surface area contributed by atoms with Crippen molar-refractivity contribution in [2.75, 3.05) is 0 Å². The average Bonchev–Trinajstić information content (AvgIpc) is 2.86. The van der Waals surface area contributed by atoms with Crippen LogP contribution in [0.15, 0.2) is 72.9 Å². The Hall–Kier alpha value is -3.54. The van der Waals surface area contributed by atoms with E-state index in [4.69, 9.17) is 0 Å². The van der Waals surface area contributed by atoms with Crippen LogP contribution in [-0.4, -0.2) is 27.7 Å². The fourth-order valence-electron chi connectivity index (χ4n) is 4.48. The third kappa shape index (κ3) is 5.68. The highest BCUT2D eigenvalue weighted by atomic mass is 19.1. The lowest BCUT2D eigenvalue weighted by molar-refractivity contribution is -0.127. The molecule has 0 unspecified atom stereocenters. The summed E-state index contributed by atoms with van der Waals surface area (Å²) in [6.45, 7) is 2.13. The molecular weight excluding hydrogens is 429 g/mol. The standard InChI is InChI=1S/C28H30FN3O2/c1-20-14-16-21(17-15-20)19-32(28(34)25-13-7-8-18-30-25)26(23-11-5-6-12-24(23)29)27(33)31-22-9-3-2-4-10-22/h5-8,11-18,22,26H,2-4,9-10,19H2,1H3,(H,31,33)/t26-/m0/s1. The minimum atomic E-state index is -1.13. The lowest BCUT2D eigenvalue weighted by atomic mass is 9.94. The monoisotopic (exact) mass is 459 g/mol. The van der Waals surface area contributed by atoms with Gasteiger partial charge in [-0.25, -0.2) is 4.39 Å². The maximum Gasteiger partial charge on any atom is 0.273 e. The molecule has 0 spiro atoms. The quantitative estimate of drug-likeness (QED) is 0.517. The van der Waals surface area contributed by atoms with Gasteiger partial charge in [-0.15, -0.1) is 0 Å². The number of rotatable bonds is 7. The van der Waals surface area contributed by atoms with E-state index in [0.717, 1.165) is 43.2 Å². The third-order valence-electron chi connectivity index (χ3n) is 6.33. The molecule has 1 aromatic heterocycles. The number of benzene rings is 2. The van der Waals surface area contributed by atoms with Gasteiger partial charge in [-0.3, -0.25) is 14.6 Å². The largest absolute Gasteiger partial charge is 0.351 e. The highest BCUT2D eigenvalue weighted by Gasteiger charge is 2.35. The Morgan fingerprint density at radius 3 is 2.38 bits per heavy atom. The first-order valence-electron chi connectivity index (χ1n) is 11.9. The van der Waals surface area contributed by atoms with Crippen molar-refractivity contribution in [1.29, 1.82) is 0 Å². The van der Waals surface area contributed by atoms with Crippen molar-refractivity contribution in [3.63, 3.8) is 0 Å². The summed E-state index contributed by atoms with van der Waals surface area (Å²) in [6, 6.07) is 17.9. The van der Waals surface area contributed by atoms with Gasteiger partial charge in [0.15, 0.2) is 0 Å².